The van der Waals surface area contributed by atoms with Crippen LogP contribution in [0.3, 0.4) is 0 Å². The van der Waals surface area contributed by atoms with Gasteiger partial charge in [-0.3, -0.25) is 0 Å². The summed E-state index contributed by atoms with van der Waals surface area (Å²) in [7, 11) is 1.63. The van der Waals surface area contributed by atoms with Crippen LogP contribution < -0.4 is 4.74 Å². The molecule has 0 aliphatic rings. The SMILES string of the molecule is COc1ccc(/C=C/c2ccc3nc(C(=O)O)cn3n2)cc1. The van der Waals surface area contributed by atoms with Crippen LogP contribution in [0.1, 0.15) is 21.7 Å². The molecule has 1 N–H and O–H groups in total. The Labute approximate surface area is 126 Å². The molecule has 0 spiro atoms. The van der Waals surface area contributed by atoms with Gasteiger partial charge in [0.1, 0.15) is 5.75 Å². The molecule has 3 rings (SSSR count). The molecule has 22 heavy (non-hydrogen) atoms. The van der Waals surface area contributed by atoms with Crippen LogP contribution in [0.4, 0.5) is 0 Å². The molecule has 2 aromatic heterocycles. The van der Waals surface area contributed by atoms with Gasteiger partial charge in [0.2, 0.25) is 0 Å². The average Bonchev–Trinajstić information content (AvgIpc) is 2.97. The number of fused-ring (bicyclic) bond motifs is 1. The Bertz CT molecular complexity index is 851. The summed E-state index contributed by atoms with van der Waals surface area (Å²) in [6.07, 6.45) is 5.16. The second kappa shape index (κ2) is 5.69. The summed E-state index contributed by atoms with van der Waals surface area (Å²) in [6.45, 7) is 0. The van der Waals surface area contributed by atoms with Crippen molar-refractivity contribution in [3.8, 4) is 5.75 Å². The lowest BCUT2D eigenvalue weighted by Crippen LogP contribution is -1.95. The van der Waals surface area contributed by atoms with Crippen LogP contribution >= 0.6 is 0 Å². The lowest BCUT2D eigenvalue weighted by Gasteiger charge is -1.99. The number of benzene rings is 1. The van der Waals surface area contributed by atoms with Gasteiger partial charge in [0.05, 0.1) is 19.0 Å². The van der Waals surface area contributed by atoms with Gasteiger partial charge < -0.3 is 9.84 Å². The molecule has 1 aromatic carbocycles. The maximum absolute atomic E-state index is 10.9. The molecule has 0 atom stereocenters. The Morgan fingerprint density at radius 2 is 1.95 bits per heavy atom. The number of ether oxygens (including phenoxy) is 1. The number of carboxylic acid groups (broad SMARTS) is 1. The number of hydrogen-bond acceptors (Lipinski definition) is 4. The molecule has 0 unspecified atom stereocenters. The van der Waals surface area contributed by atoms with E-state index in [0.29, 0.717) is 11.3 Å². The second-order valence-corrected chi connectivity index (χ2v) is 4.60. The molecule has 3 aromatic rings. The minimum atomic E-state index is -1.07. The molecular weight excluding hydrogens is 282 g/mol. The summed E-state index contributed by atoms with van der Waals surface area (Å²) in [6, 6.07) is 11.2. The zero-order chi connectivity index (χ0) is 15.5. The Morgan fingerprint density at radius 3 is 2.64 bits per heavy atom. The Balaban J connectivity index is 1.86. The largest absolute Gasteiger partial charge is 0.497 e. The van der Waals surface area contributed by atoms with Crippen molar-refractivity contribution in [2.75, 3.05) is 7.11 Å². The Hall–Kier alpha value is -3.15. The van der Waals surface area contributed by atoms with Crippen molar-refractivity contribution in [1.82, 2.24) is 14.6 Å². The van der Waals surface area contributed by atoms with E-state index in [1.165, 1.54) is 10.7 Å². The molecule has 0 amide bonds. The Morgan fingerprint density at radius 1 is 1.18 bits per heavy atom. The molecule has 0 radical (unpaired) electrons. The minimum absolute atomic E-state index is 0.0243. The first-order valence-corrected chi connectivity index (χ1v) is 6.57. The molecule has 0 aliphatic carbocycles. The van der Waals surface area contributed by atoms with Crippen LogP contribution in [0.5, 0.6) is 5.75 Å². The second-order valence-electron chi connectivity index (χ2n) is 4.60. The molecular formula is C16H13N3O3. The van der Waals surface area contributed by atoms with E-state index in [1.54, 1.807) is 19.2 Å². The number of aromatic nitrogens is 3. The van der Waals surface area contributed by atoms with Crippen molar-refractivity contribution in [2.45, 2.75) is 0 Å². The van der Waals surface area contributed by atoms with Gasteiger partial charge >= 0.3 is 5.97 Å². The van der Waals surface area contributed by atoms with Gasteiger partial charge in [0.25, 0.3) is 0 Å². The highest BCUT2D eigenvalue weighted by atomic mass is 16.5. The first kappa shape index (κ1) is 13.8. The topological polar surface area (TPSA) is 76.7 Å². The van der Waals surface area contributed by atoms with Gasteiger partial charge in [0.15, 0.2) is 11.3 Å². The third kappa shape index (κ3) is 2.80. The van der Waals surface area contributed by atoms with E-state index < -0.39 is 5.97 Å². The lowest BCUT2D eigenvalue weighted by atomic mass is 10.2. The normalized spacial score (nSPS) is 11.1. The van der Waals surface area contributed by atoms with Crippen LogP contribution in [-0.2, 0) is 0 Å². The maximum Gasteiger partial charge on any atom is 0.356 e. The molecule has 0 saturated carbocycles. The number of nitrogens with zero attached hydrogens (tertiary/aromatic N) is 3. The van der Waals surface area contributed by atoms with Gasteiger partial charge in [-0.2, -0.15) is 5.10 Å². The molecule has 110 valence electrons. The predicted octanol–water partition coefficient (Wildman–Crippen LogP) is 2.61. The van der Waals surface area contributed by atoms with Gasteiger partial charge in [-0.25, -0.2) is 14.3 Å². The van der Waals surface area contributed by atoms with Crippen molar-refractivity contribution in [3.63, 3.8) is 0 Å². The van der Waals surface area contributed by atoms with Crippen LogP contribution in [0.2, 0.25) is 0 Å². The molecule has 6 heteroatoms. The number of aromatic carboxylic acids is 1. The summed E-state index contributed by atoms with van der Waals surface area (Å²) < 4.78 is 6.56. The molecule has 0 saturated heterocycles. The zero-order valence-electron chi connectivity index (χ0n) is 11.8. The summed E-state index contributed by atoms with van der Waals surface area (Å²) in [5.74, 6) is -0.267. The first-order valence-electron chi connectivity index (χ1n) is 6.57. The summed E-state index contributed by atoms with van der Waals surface area (Å²) in [5, 5.41) is 13.2. The number of imidazole rings is 1. The fraction of sp³-hybridized carbons (Fsp3) is 0.0625. The van der Waals surface area contributed by atoms with E-state index in [4.69, 9.17) is 9.84 Å². The highest BCUT2D eigenvalue weighted by Crippen LogP contribution is 2.14. The number of hydrogen-bond donors (Lipinski definition) is 1. The predicted molar refractivity (Wildman–Crippen MR) is 81.9 cm³/mol. The molecule has 0 fully saturated rings. The standard InChI is InChI=1S/C16H13N3O3/c1-22-13-7-3-11(4-8-13)2-5-12-6-9-15-17-14(16(20)21)10-19(15)18-12/h2-10H,1H3,(H,20,21)/b5-2+. The van der Waals surface area contributed by atoms with E-state index in [0.717, 1.165) is 11.3 Å². The maximum atomic E-state index is 10.9. The monoisotopic (exact) mass is 295 g/mol. The van der Waals surface area contributed by atoms with Gasteiger partial charge in [-0.1, -0.05) is 18.2 Å². The third-order valence-electron chi connectivity index (χ3n) is 3.12. The van der Waals surface area contributed by atoms with Crippen LogP contribution in [0, 0.1) is 0 Å². The molecule has 0 aliphatic heterocycles. The fourth-order valence-electron chi connectivity index (χ4n) is 1.99. The van der Waals surface area contributed by atoms with Crippen molar-refractivity contribution in [1.29, 1.82) is 0 Å². The van der Waals surface area contributed by atoms with Crippen molar-refractivity contribution >= 4 is 23.8 Å². The molecule has 0 bridgehead atoms. The smallest absolute Gasteiger partial charge is 0.356 e. The van der Waals surface area contributed by atoms with E-state index >= 15 is 0 Å². The Kier molecular flexibility index (Phi) is 3.57. The molecule has 6 nitrogen and oxygen atoms in total. The minimum Gasteiger partial charge on any atom is -0.497 e. The van der Waals surface area contributed by atoms with Gasteiger partial charge in [-0.05, 0) is 35.9 Å². The van der Waals surface area contributed by atoms with E-state index in [9.17, 15) is 4.79 Å². The van der Waals surface area contributed by atoms with Crippen LogP contribution in [0.25, 0.3) is 17.8 Å². The average molecular weight is 295 g/mol. The molecule has 2 heterocycles. The van der Waals surface area contributed by atoms with Crippen LogP contribution in [0.15, 0.2) is 42.6 Å². The summed E-state index contributed by atoms with van der Waals surface area (Å²) in [4.78, 5) is 14.8. The van der Waals surface area contributed by atoms with Gasteiger partial charge in [-0.15, -0.1) is 0 Å². The van der Waals surface area contributed by atoms with E-state index in [1.807, 2.05) is 36.4 Å². The lowest BCUT2D eigenvalue weighted by molar-refractivity contribution is 0.0691. The third-order valence-corrected chi connectivity index (χ3v) is 3.12. The van der Waals surface area contributed by atoms with Gasteiger partial charge in [0, 0.05) is 0 Å². The highest BCUT2D eigenvalue weighted by Gasteiger charge is 2.08. The van der Waals surface area contributed by atoms with E-state index in [-0.39, 0.29) is 5.69 Å². The van der Waals surface area contributed by atoms with Crippen molar-refractivity contribution in [2.24, 2.45) is 0 Å². The highest BCUT2D eigenvalue weighted by molar-refractivity contribution is 5.86. The zero-order valence-corrected chi connectivity index (χ0v) is 11.8. The van der Waals surface area contributed by atoms with Crippen molar-refractivity contribution < 1.29 is 14.6 Å². The number of methoxy groups -OCH3 is 1. The van der Waals surface area contributed by atoms with E-state index in [2.05, 4.69) is 10.1 Å². The van der Waals surface area contributed by atoms with Crippen LogP contribution in [-0.4, -0.2) is 32.8 Å². The van der Waals surface area contributed by atoms with Crippen molar-refractivity contribution in [3.05, 3.63) is 59.5 Å². The quantitative estimate of drug-likeness (QED) is 0.800. The number of carboxylic acids is 1. The number of rotatable bonds is 4. The summed E-state index contributed by atoms with van der Waals surface area (Å²) >= 11 is 0. The first-order chi connectivity index (χ1) is 10.7. The number of carbonyl (C=O) groups is 1. The fourth-order valence-corrected chi connectivity index (χ4v) is 1.99. The summed E-state index contributed by atoms with van der Waals surface area (Å²) in [5.41, 5.74) is 2.19.